The number of amides is 2. The number of anilines is 2. The summed E-state index contributed by atoms with van der Waals surface area (Å²) in [5, 5.41) is 6.10. The Balaban J connectivity index is 1.55. The highest BCUT2D eigenvalue weighted by Crippen LogP contribution is 2.30. The maximum atomic E-state index is 12.8. The average Bonchev–Trinajstić information content (AvgIpc) is 3.09. The Morgan fingerprint density at radius 3 is 2.92 bits per heavy atom. The number of carbonyl (C=O) groups excluding carboxylic acids is 2. The fourth-order valence-corrected chi connectivity index (χ4v) is 3.86. The Bertz CT molecular complexity index is 1000. The van der Waals surface area contributed by atoms with Crippen LogP contribution in [0.1, 0.15) is 5.69 Å². The van der Waals surface area contributed by atoms with Crippen molar-refractivity contribution in [2.75, 3.05) is 16.8 Å². The first-order valence-corrected chi connectivity index (χ1v) is 9.25. The maximum Gasteiger partial charge on any atom is 0.244 e. The number of thiazole rings is 1. The largest absolute Gasteiger partial charge is 0.323 e. The predicted molar refractivity (Wildman–Crippen MR) is 104 cm³/mol. The van der Waals surface area contributed by atoms with Gasteiger partial charge >= 0.3 is 0 Å². The van der Waals surface area contributed by atoms with Crippen LogP contribution >= 0.6 is 22.9 Å². The van der Waals surface area contributed by atoms with Crippen LogP contribution in [0.4, 0.5) is 11.4 Å². The summed E-state index contributed by atoms with van der Waals surface area (Å²) in [7, 11) is 0. The van der Waals surface area contributed by atoms with Gasteiger partial charge in [-0.1, -0.05) is 35.9 Å². The molecule has 4 rings (SSSR count). The fourth-order valence-electron chi connectivity index (χ4n) is 2.85. The number of benzene rings is 2. The van der Waals surface area contributed by atoms with E-state index < -0.39 is 0 Å². The van der Waals surface area contributed by atoms with Crippen molar-refractivity contribution < 1.29 is 9.59 Å². The van der Waals surface area contributed by atoms with Crippen LogP contribution in [0.5, 0.6) is 0 Å². The van der Waals surface area contributed by atoms with Crippen LogP contribution in [0, 0.1) is 0 Å². The molecule has 2 heterocycles. The van der Waals surface area contributed by atoms with Crippen LogP contribution in [0.15, 0.2) is 53.9 Å². The van der Waals surface area contributed by atoms with Gasteiger partial charge in [0.2, 0.25) is 11.8 Å². The molecule has 0 atom stereocenters. The summed E-state index contributed by atoms with van der Waals surface area (Å²) in [5.41, 5.74) is 2.96. The zero-order valence-electron chi connectivity index (χ0n) is 13.6. The minimum atomic E-state index is -0.199. The highest BCUT2D eigenvalue weighted by molar-refractivity contribution is 7.13. The number of para-hydroxylation sites is 2. The van der Waals surface area contributed by atoms with Gasteiger partial charge in [0.05, 0.1) is 23.5 Å². The van der Waals surface area contributed by atoms with E-state index in [1.54, 1.807) is 6.07 Å². The molecule has 0 saturated heterocycles. The van der Waals surface area contributed by atoms with Gasteiger partial charge in [0.15, 0.2) is 0 Å². The van der Waals surface area contributed by atoms with Gasteiger partial charge in [0, 0.05) is 16.0 Å². The first-order chi connectivity index (χ1) is 12.6. The van der Waals surface area contributed by atoms with Gasteiger partial charge in [-0.2, -0.15) is 0 Å². The lowest BCUT2D eigenvalue weighted by atomic mass is 10.1. The first kappa shape index (κ1) is 16.8. The summed E-state index contributed by atoms with van der Waals surface area (Å²) < 4.78 is 0. The number of rotatable bonds is 3. The topological polar surface area (TPSA) is 62.3 Å². The number of aromatic nitrogens is 1. The number of fused-ring (bicyclic) bond motifs is 1. The molecule has 1 N–H and O–H groups in total. The molecule has 26 heavy (non-hydrogen) atoms. The quantitative estimate of drug-likeness (QED) is 0.743. The SMILES string of the molecule is O=C1CN(C(=O)Cc2csc(-c3cccc(Cl)c3)n2)c2ccccc2N1. The monoisotopic (exact) mass is 383 g/mol. The van der Waals surface area contributed by atoms with Gasteiger partial charge < -0.3 is 10.2 Å². The van der Waals surface area contributed by atoms with Crippen molar-refractivity contribution in [3.63, 3.8) is 0 Å². The molecule has 130 valence electrons. The van der Waals surface area contributed by atoms with Crippen LogP contribution in [0.2, 0.25) is 5.02 Å². The van der Waals surface area contributed by atoms with E-state index in [-0.39, 0.29) is 24.8 Å². The van der Waals surface area contributed by atoms with Crippen LogP contribution in [-0.4, -0.2) is 23.3 Å². The molecule has 0 unspecified atom stereocenters. The third-order valence-electron chi connectivity index (χ3n) is 4.03. The molecular formula is C19H14ClN3O2S. The molecule has 7 heteroatoms. The molecule has 0 saturated carbocycles. The Hall–Kier alpha value is -2.70. The smallest absolute Gasteiger partial charge is 0.244 e. The van der Waals surface area contributed by atoms with Crippen molar-refractivity contribution in [1.29, 1.82) is 0 Å². The molecule has 1 aliphatic heterocycles. The summed E-state index contributed by atoms with van der Waals surface area (Å²) in [6.07, 6.45) is 0.138. The van der Waals surface area contributed by atoms with Gasteiger partial charge in [0.1, 0.15) is 11.6 Å². The summed E-state index contributed by atoms with van der Waals surface area (Å²) in [5.74, 6) is -0.356. The number of nitrogens with one attached hydrogen (secondary N) is 1. The van der Waals surface area contributed by atoms with E-state index in [2.05, 4.69) is 10.3 Å². The minimum absolute atomic E-state index is 0.0150. The number of halogens is 1. The third kappa shape index (κ3) is 3.34. The normalized spacial score (nSPS) is 13.3. The molecule has 1 aromatic heterocycles. The number of hydrogen-bond donors (Lipinski definition) is 1. The lowest BCUT2D eigenvalue weighted by Gasteiger charge is -2.29. The Kier molecular flexibility index (Phi) is 4.44. The van der Waals surface area contributed by atoms with E-state index in [4.69, 9.17) is 11.6 Å². The van der Waals surface area contributed by atoms with Crippen LogP contribution in [0.25, 0.3) is 10.6 Å². The van der Waals surface area contributed by atoms with E-state index in [1.807, 2.05) is 47.8 Å². The molecule has 0 bridgehead atoms. The van der Waals surface area contributed by atoms with E-state index in [0.717, 1.165) is 10.6 Å². The zero-order chi connectivity index (χ0) is 18.1. The predicted octanol–water partition coefficient (Wildman–Crippen LogP) is 3.99. The highest BCUT2D eigenvalue weighted by Gasteiger charge is 2.27. The molecule has 5 nitrogen and oxygen atoms in total. The van der Waals surface area contributed by atoms with Crippen molar-refractivity contribution in [2.24, 2.45) is 0 Å². The Morgan fingerprint density at radius 2 is 2.08 bits per heavy atom. The van der Waals surface area contributed by atoms with Gasteiger partial charge in [-0.25, -0.2) is 4.98 Å². The first-order valence-electron chi connectivity index (χ1n) is 8.00. The zero-order valence-corrected chi connectivity index (χ0v) is 15.2. The number of carbonyl (C=O) groups is 2. The van der Waals surface area contributed by atoms with Crippen LogP contribution < -0.4 is 10.2 Å². The van der Waals surface area contributed by atoms with E-state index >= 15 is 0 Å². The molecule has 0 spiro atoms. The van der Waals surface area contributed by atoms with E-state index in [1.165, 1.54) is 16.2 Å². The van der Waals surface area contributed by atoms with Crippen molar-refractivity contribution in [1.82, 2.24) is 4.98 Å². The second kappa shape index (κ2) is 6.90. The molecule has 2 amide bonds. The third-order valence-corrected chi connectivity index (χ3v) is 5.20. The number of nitrogens with zero attached hydrogens (tertiary/aromatic N) is 2. The average molecular weight is 384 g/mol. The molecule has 0 aliphatic carbocycles. The van der Waals surface area contributed by atoms with Crippen molar-refractivity contribution in [3.8, 4) is 10.6 Å². The molecule has 2 aromatic carbocycles. The van der Waals surface area contributed by atoms with Gasteiger partial charge in [0.25, 0.3) is 0 Å². The standard InChI is InChI=1S/C19H14ClN3O2S/c20-13-5-3-4-12(8-13)19-21-14(11-26-19)9-18(25)23-10-17(24)22-15-6-1-2-7-16(15)23/h1-8,11H,9-10H2,(H,22,24). The Morgan fingerprint density at radius 1 is 1.23 bits per heavy atom. The molecule has 0 radical (unpaired) electrons. The van der Waals surface area contributed by atoms with Crippen molar-refractivity contribution in [2.45, 2.75) is 6.42 Å². The van der Waals surface area contributed by atoms with E-state index in [0.29, 0.717) is 22.1 Å². The lowest BCUT2D eigenvalue weighted by Crippen LogP contribution is -2.42. The van der Waals surface area contributed by atoms with Crippen LogP contribution in [-0.2, 0) is 16.0 Å². The molecule has 0 fully saturated rings. The van der Waals surface area contributed by atoms with Crippen molar-refractivity contribution in [3.05, 3.63) is 64.6 Å². The molecular weight excluding hydrogens is 370 g/mol. The molecule has 1 aliphatic rings. The maximum absolute atomic E-state index is 12.8. The minimum Gasteiger partial charge on any atom is -0.323 e. The highest BCUT2D eigenvalue weighted by atomic mass is 35.5. The van der Waals surface area contributed by atoms with Gasteiger partial charge in [-0.3, -0.25) is 9.59 Å². The molecule has 3 aromatic rings. The summed E-state index contributed by atoms with van der Waals surface area (Å²) in [6.45, 7) is 0.0150. The van der Waals surface area contributed by atoms with Gasteiger partial charge in [-0.05, 0) is 24.3 Å². The van der Waals surface area contributed by atoms with Crippen LogP contribution in [0.3, 0.4) is 0 Å². The van der Waals surface area contributed by atoms with Gasteiger partial charge in [-0.15, -0.1) is 11.3 Å². The number of hydrogen-bond acceptors (Lipinski definition) is 4. The Labute approximate surface area is 159 Å². The lowest BCUT2D eigenvalue weighted by molar-refractivity contribution is -0.121. The summed E-state index contributed by atoms with van der Waals surface area (Å²) in [4.78, 5) is 30.7. The second-order valence-corrected chi connectivity index (χ2v) is 7.17. The fraction of sp³-hybridized carbons (Fsp3) is 0.105. The summed E-state index contributed by atoms with van der Waals surface area (Å²) in [6, 6.07) is 14.7. The summed E-state index contributed by atoms with van der Waals surface area (Å²) >= 11 is 7.49. The van der Waals surface area contributed by atoms with E-state index in [9.17, 15) is 9.59 Å². The van der Waals surface area contributed by atoms with Crippen molar-refractivity contribution >= 4 is 46.1 Å². The second-order valence-electron chi connectivity index (χ2n) is 5.88.